The highest BCUT2D eigenvalue weighted by Crippen LogP contribution is 2.34. The second-order valence-corrected chi connectivity index (χ2v) is 9.78. The summed E-state index contributed by atoms with van der Waals surface area (Å²) >= 11 is 1.18. The topological polar surface area (TPSA) is 118 Å². The van der Waals surface area contributed by atoms with Crippen LogP contribution in [0.15, 0.2) is 46.2 Å². The first kappa shape index (κ1) is 26.3. The van der Waals surface area contributed by atoms with Crippen LogP contribution in [0.4, 0.5) is 4.39 Å². The number of aromatic nitrogens is 4. The summed E-state index contributed by atoms with van der Waals surface area (Å²) in [4.78, 5) is 39.4. The van der Waals surface area contributed by atoms with Gasteiger partial charge < -0.3 is 14.6 Å². The molecule has 0 spiro atoms. The van der Waals surface area contributed by atoms with Crippen molar-refractivity contribution in [3.8, 4) is 10.8 Å². The lowest BCUT2D eigenvalue weighted by molar-refractivity contribution is -0.140. The first-order valence-electron chi connectivity index (χ1n) is 11.5. The SMILES string of the molecule is COc1ccc(F)cc1[C@H](Cn1c(=O)n([C@@H](C)C(=O)O)c(=O)c2c(C)c(-n3cccn3)sc21)OC(C)C. The number of ether oxygens (including phenoxy) is 2. The third-order valence-corrected chi connectivity index (χ3v) is 7.30. The van der Waals surface area contributed by atoms with Crippen molar-refractivity contribution < 1.29 is 23.8 Å². The summed E-state index contributed by atoms with van der Waals surface area (Å²) in [6.45, 7) is 6.47. The smallest absolute Gasteiger partial charge is 0.333 e. The van der Waals surface area contributed by atoms with Gasteiger partial charge in [-0.3, -0.25) is 9.36 Å². The van der Waals surface area contributed by atoms with Crippen molar-refractivity contribution in [2.75, 3.05) is 7.11 Å². The van der Waals surface area contributed by atoms with Crippen molar-refractivity contribution in [1.29, 1.82) is 0 Å². The molecule has 3 heterocycles. The van der Waals surface area contributed by atoms with Gasteiger partial charge in [0.2, 0.25) is 0 Å². The van der Waals surface area contributed by atoms with Crippen molar-refractivity contribution >= 4 is 27.5 Å². The maximum Gasteiger partial charge on any atom is 0.333 e. The Morgan fingerprint density at radius 2 is 1.97 bits per heavy atom. The van der Waals surface area contributed by atoms with Crippen LogP contribution in [0, 0.1) is 12.7 Å². The molecule has 12 heteroatoms. The Morgan fingerprint density at radius 1 is 1.24 bits per heavy atom. The average Bonchev–Trinajstić information content (AvgIpc) is 3.48. The molecule has 3 aromatic heterocycles. The van der Waals surface area contributed by atoms with Crippen LogP contribution in [-0.2, 0) is 16.1 Å². The van der Waals surface area contributed by atoms with Gasteiger partial charge in [0, 0.05) is 23.5 Å². The molecule has 10 nitrogen and oxygen atoms in total. The Morgan fingerprint density at radius 3 is 2.57 bits per heavy atom. The number of thiophene rings is 1. The Kier molecular flexibility index (Phi) is 7.32. The molecule has 0 aliphatic rings. The molecular weight excluding hydrogens is 503 g/mol. The zero-order valence-electron chi connectivity index (χ0n) is 21.0. The number of carboxylic acid groups (broad SMARTS) is 1. The fraction of sp³-hybridized carbons (Fsp3) is 0.360. The molecule has 0 bridgehead atoms. The van der Waals surface area contributed by atoms with Crippen molar-refractivity contribution in [1.82, 2.24) is 18.9 Å². The van der Waals surface area contributed by atoms with E-state index in [1.165, 1.54) is 48.1 Å². The van der Waals surface area contributed by atoms with Crippen molar-refractivity contribution in [2.45, 2.75) is 52.5 Å². The second kappa shape index (κ2) is 10.3. The minimum atomic E-state index is -1.42. The minimum Gasteiger partial charge on any atom is -0.496 e. The molecule has 1 N–H and O–H groups in total. The summed E-state index contributed by atoms with van der Waals surface area (Å²) in [6, 6.07) is 4.31. The molecule has 4 rings (SSSR count). The normalized spacial score (nSPS) is 13.3. The van der Waals surface area contributed by atoms with Gasteiger partial charge in [-0.2, -0.15) is 5.10 Å². The summed E-state index contributed by atoms with van der Waals surface area (Å²) < 4.78 is 29.4. The number of nitrogens with zero attached hydrogens (tertiary/aromatic N) is 4. The largest absolute Gasteiger partial charge is 0.496 e. The fourth-order valence-electron chi connectivity index (χ4n) is 4.24. The van der Waals surface area contributed by atoms with E-state index >= 15 is 0 Å². The van der Waals surface area contributed by atoms with Gasteiger partial charge in [-0.05, 0) is 52.0 Å². The van der Waals surface area contributed by atoms with Crippen molar-refractivity contribution in [3.05, 3.63) is 74.4 Å². The van der Waals surface area contributed by atoms with Crippen LogP contribution in [0.3, 0.4) is 0 Å². The summed E-state index contributed by atoms with van der Waals surface area (Å²) in [7, 11) is 1.45. The minimum absolute atomic E-state index is 0.127. The number of hydrogen-bond acceptors (Lipinski definition) is 7. The number of aliphatic carboxylic acids is 1. The van der Waals surface area contributed by atoms with Crippen LogP contribution < -0.4 is 16.0 Å². The number of fused-ring (bicyclic) bond motifs is 1. The van der Waals surface area contributed by atoms with E-state index in [-0.39, 0.29) is 18.0 Å². The predicted octanol–water partition coefficient (Wildman–Crippen LogP) is 3.68. The van der Waals surface area contributed by atoms with Gasteiger partial charge in [0.15, 0.2) is 0 Å². The summed E-state index contributed by atoms with van der Waals surface area (Å²) in [5.74, 6) is -1.47. The summed E-state index contributed by atoms with van der Waals surface area (Å²) in [6.07, 6.45) is 2.14. The van der Waals surface area contributed by atoms with Gasteiger partial charge in [0.25, 0.3) is 5.56 Å². The average molecular weight is 531 g/mol. The Bertz CT molecular complexity index is 1570. The highest BCUT2D eigenvalue weighted by atomic mass is 32.1. The number of methoxy groups -OCH3 is 1. The van der Waals surface area contributed by atoms with E-state index in [1.807, 2.05) is 0 Å². The summed E-state index contributed by atoms with van der Waals surface area (Å²) in [5, 5.41) is 14.7. The van der Waals surface area contributed by atoms with E-state index in [0.29, 0.717) is 26.7 Å². The number of aryl methyl sites for hydroxylation is 1. The number of rotatable bonds is 9. The molecule has 2 atom stereocenters. The standard InChI is InChI=1S/C25H27FN4O6S/c1-13(2)36-19(17-11-16(26)7-8-18(17)35-5)12-28-23-20(14(3)22(37-23)29-10-6-9-27-29)21(31)30(25(28)34)15(4)24(32)33/h6-11,13,15,19H,12H2,1-5H3,(H,32,33)/t15-,19-/m0/s1. The van der Waals surface area contributed by atoms with E-state index in [2.05, 4.69) is 5.10 Å². The van der Waals surface area contributed by atoms with Gasteiger partial charge in [-0.1, -0.05) is 11.3 Å². The first-order chi connectivity index (χ1) is 17.5. The molecule has 0 aliphatic carbocycles. The van der Waals surface area contributed by atoms with Crippen LogP contribution in [0.5, 0.6) is 5.75 Å². The fourth-order valence-corrected chi connectivity index (χ4v) is 5.48. The second-order valence-electron chi connectivity index (χ2n) is 8.81. The van der Waals surface area contributed by atoms with Gasteiger partial charge >= 0.3 is 11.7 Å². The first-order valence-corrected chi connectivity index (χ1v) is 12.4. The van der Waals surface area contributed by atoms with Gasteiger partial charge in [-0.25, -0.2) is 23.2 Å². The molecule has 0 amide bonds. The van der Waals surface area contributed by atoms with Crippen LogP contribution in [0.1, 0.15) is 44.0 Å². The zero-order valence-corrected chi connectivity index (χ0v) is 21.8. The zero-order chi connectivity index (χ0) is 27.0. The van der Waals surface area contributed by atoms with E-state index in [9.17, 15) is 23.9 Å². The monoisotopic (exact) mass is 530 g/mol. The molecule has 0 aliphatic heterocycles. The predicted molar refractivity (Wildman–Crippen MR) is 136 cm³/mol. The Hall–Kier alpha value is -3.77. The summed E-state index contributed by atoms with van der Waals surface area (Å²) in [5.41, 5.74) is -0.587. The van der Waals surface area contributed by atoms with E-state index in [4.69, 9.17) is 9.47 Å². The molecule has 0 saturated heterocycles. The van der Waals surface area contributed by atoms with Crippen LogP contribution in [-0.4, -0.2) is 43.2 Å². The van der Waals surface area contributed by atoms with Crippen LogP contribution >= 0.6 is 11.3 Å². The molecule has 0 unspecified atom stereocenters. The van der Waals surface area contributed by atoms with Gasteiger partial charge in [0.05, 0.1) is 25.1 Å². The molecule has 0 radical (unpaired) electrons. The van der Waals surface area contributed by atoms with E-state index < -0.39 is 35.2 Å². The molecule has 1 aromatic carbocycles. The van der Waals surface area contributed by atoms with Gasteiger partial charge in [-0.15, -0.1) is 0 Å². The Labute approximate surface area is 215 Å². The molecule has 37 heavy (non-hydrogen) atoms. The maximum absolute atomic E-state index is 14.3. The molecule has 0 saturated carbocycles. The van der Waals surface area contributed by atoms with E-state index in [0.717, 1.165) is 4.57 Å². The van der Waals surface area contributed by atoms with Crippen molar-refractivity contribution in [2.24, 2.45) is 0 Å². The third-order valence-electron chi connectivity index (χ3n) is 6.00. The maximum atomic E-state index is 14.3. The number of halogens is 1. The highest BCUT2D eigenvalue weighted by Gasteiger charge is 2.28. The lowest BCUT2D eigenvalue weighted by Gasteiger charge is -2.24. The Balaban J connectivity index is 2.03. The van der Waals surface area contributed by atoms with Crippen LogP contribution in [0.2, 0.25) is 0 Å². The van der Waals surface area contributed by atoms with Crippen LogP contribution in [0.25, 0.3) is 15.2 Å². The van der Waals surface area contributed by atoms with E-state index in [1.54, 1.807) is 43.9 Å². The highest BCUT2D eigenvalue weighted by molar-refractivity contribution is 7.21. The molecule has 0 fully saturated rings. The quantitative estimate of drug-likeness (QED) is 0.351. The molecule has 196 valence electrons. The lowest BCUT2D eigenvalue weighted by Crippen LogP contribution is -2.44. The number of carboxylic acids is 1. The number of benzene rings is 1. The number of carbonyl (C=O) groups is 1. The third kappa shape index (κ3) is 4.81. The molecule has 4 aromatic rings. The van der Waals surface area contributed by atoms with Crippen molar-refractivity contribution in [3.63, 3.8) is 0 Å². The lowest BCUT2D eigenvalue weighted by atomic mass is 10.1. The van der Waals surface area contributed by atoms with Gasteiger partial charge in [0.1, 0.15) is 33.5 Å². The number of hydrogen-bond donors (Lipinski definition) is 1. The molecular formula is C25H27FN4O6S.